The Balaban J connectivity index is 1.54. The van der Waals surface area contributed by atoms with Crippen molar-refractivity contribution in [3.63, 3.8) is 0 Å². The van der Waals surface area contributed by atoms with E-state index in [0.29, 0.717) is 28.8 Å². The van der Waals surface area contributed by atoms with E-state index in [1.807, 2.05) is 24.3 Å². The summed E-state index contributed by atoms with van der Waals surface area (Å²) in [5.41, 5.74) is 5.67. The molecule has 3 heterocycles. The number of amides is 2. The minimum Gasteiger partial charge on any atom is -0.486 e. The molecule has 3 N–H and O–H groups in total. The molecule has 4 rings (SSSR count). The van der Waals surface area contributed by atoms with E-state index in [-0.39, 0.29) is 38.7 Å². The molecule has 0 atom stereocenters. The quantitative estimate of drug-likeness (QED) is 0.300. The average molecular weight is 518 g/mol. The van der Waals surface area contributed by atoms with Gasteiger partial charge in [-0.3, -0.25) is 9.59 Å². The number of nitrogens with two attached hydrogens (primary N) is 1. The van der Waals surface area contributed by atoms with Gasteiger partial charge in [-0.05, 0) is 54.3 Å². The largest absolute Gasteiger partial charge is 0.486 e. The smallest absolute Gasteiger partial charge is 0.433 e. The van der Waals surface area contributed by atoms with Crippen molar-refractivity contribution >= 4 is 39.1 Å². The molecule has 0 saturated carbocycles. The van der Waals surface area contributed by atoms with Crippen LogP contribution in [0.3, 0.4) is 0 Å². The maximum atomic E-state index is 13.2. The standard InChI is InChI=1S/C25H22F3N3O4S/c1-12(2)14-4-6-15(7-5-14)34-11-16-8-9-17(35-16)23(33)31-20-19-13(3)10-18(25(26,27)28)30-24(19)36-21(20)22(29)32/h4-10,12H,11H2,1-3H3,(H2,29,32)(H,31,33). The molecule has 0 unspecified atom stereocenters. The molecule has 4 aromatic rings. The van der Waals surface area contributed by atoms with Crippen molar-refractivity contribution < 1.29 is 31.9 Å². The summed E-state index contributed by atoms with van der Waals surface area (Å²) in [6.45, 7) is 5.69. The average Bonchev–Trinajstić information content (AvgIpc) is 3.43. The summed E-state index contributed by atoms with van der Waals surface area (Å²) in [7, 11) is 0. The highest BCUT2D eigenvalue weighted by Crippen LogP contribution is 2.40. The number of hydrogen-bond acceptors (Lipinski definition) is 6. The van der Waals surface area contributed by atoms with Crippen LogP contribution < -0.4 is 15.8 Å². The van der Waals surface area contributed by atoms with Crippen LogP contribution in [0, 0.1) is 6.92 Å². The van der Waals surface area contributed by atoms with Crippen LogP contribution >= 0.6 is 11.3 Å². The van der Waals surface area contributed by atoms with Gasteiger partial charge in [0.25, 0.3) is 11.8 Å². The number of nitrogens with one attached hydrogen (secondary N) is 1. The van der Waals surface area contributed by atoms with Crippen LogP contribution in [-0.2, 0) is 12.8 Å². The Bertz CT molecular complexity index is 1440. The van der Waals surface area contributed by atoms with E-state index in [1.54, 1.807) is 6.07 Å². The molecule has 0 fully saturated rings. The van der Waals surface area contributed by atoms with E-state index >= 15 is 0 Å². The third-order valence-electron chi connectivity index (χ3n) is 5.43. The van der Waals surface area contributed by atoms with Crippen LogP contribution in [0.5, 0.6) is 5.75 Å². The van der Waals surface area contributed by atoms with E-state index < -0.39 is 23.7 Å². The van der Waals surface area contributed by atoms with E-state index in [0.717, 1.165) is 6.07 Å². The molecule has 0 aliphatic rings. The summed E-state index contributed by atoms with van der Waals surface area (Å²) < 4.78 is 50.8. The van der Waals surface area contributed by atoms with Gasteiger partial charge in [0, 0.05) is 5.39 Å². The summed E-state index contributed by atoms with van der Waals surface area (Å²) >= 11 is 0.676. The monoisotopic (exact) mass is 517 g/mol. The highest BCUT2D eigenvalue weighted by Gasteiger charge is 2.34. The van der Waals surface area contributed by atoms with Crippen molar-refractivity contribution in [2.45, 2.75) is 39.5 Å². The first kappa shape index (κ1) is 25.2. The van der Waals surface area contributed by atoms with Crippen molar-refractivity contribution in [3.05, 3.63) is 75.7 Å². The third kappa shape index (κ3) is 5.20. The van der Waals surface area contributed by atoms with Gasteiger partial charge in [0.1, 0.15) is 33.5 Å². The zero-order valence-corrected chi connectivity index (χ0v) is 20.3. The predicted molar refractivity (Wildman–Crippen MR) is 129 cm³/mol. The molecule has 188 valence electrons. The van der Waals surface area contributed by atoms with Gasteiger partial charge in [-0.15, -0.1) is 11.3 Å². The van der Waals surface area contributed by atoms with Crippen LogP contribution in [0.4, 0.5) is 18.9 Å². The number of halogens is 3. The molecule has 0 spiro atoms. The molecule has 3 aromatic heterocycles. The number of carbonyl (C=O) groups excluding carboxylic acids is 2. The molecule has 1 aromatic carbocycles. The molecule has 0 radical (unpaired) electrons. The van der Waals surface area contributed by atoms with Crippen molar-refractivity contribution in [1.82, 2.24) is 4.98 Å². The maximum Gasteiger partial charge on any atom is 0.433 e. The number of benzene rings is 1. The summed E-state index contributed by atoms with van der Waals surface area (Å²) in [6.07, 6.45) is -4.66. The second-order valence-electron chi connectivity index (χ2n) is 8.41. The number of aryl methyl sites for hydroxylation is 1. The first-order valence-electron chi connectivity index (χ1n) is 10.9. The van der Waals surface area contributed by atoms with Crippen LogP contribution in [0.15, 0.2) is 46.9 Å². The molecule has 0 saturated heterocycles. The van der Waals surface area contributed by atoms with Crippen molar-refractivity contribution in [1.29, 1.82) is 0 Å². The minimum atomic E-state index is -4.66. The lowest BCUT2D eigenvalue weighted by Gasteiger charge is -2.09. The molecule has 36 heavy (non-hydrogen) atoms. The topological polar surface area (TPSA) is 107 Å². The summed E-state index contributed by atoms with van der Waals surface area (Å²) in [5.74, 6) is -0.268. The molecule has 0 bridgehead atoms. The first-order valence-corrected chi connectivity index (χ1v) is 11.7. The van der Waals surface area contributed by atoms with Crippen molar-refractivity contribution in [3.8, 4) is 5.75 Å². The van der Waals surface area contributed by atoms with E-state index in [2.05, 4.69) is 24.1 Å². The van der Waals surface area contributed by atoms with Crippen molar-refractivity contribution in [2.24, 2.45) is 5.73 Å². The number of carbonyl (C=O) groups is 2. The number of hydrogen-bond donors (Lipinski definition) is 2. The molecule has 7 nitrogen and oxygen atoms in total. The zero-order valence-electron chi connectivity index (χ0n) is 19.5. The second kappa shape index (κ2) is 9.65. The van der Waals surface area contributed by atoms with Crippen LogP contribution in [0.1, 0.15) is 62.6 Å². The van der Waals surface area contributed by atoms with E-state index in [1.165, 1.54) is 18.6 Å². The fourth-order valence-corrected chi connectivity index (χ4v) is 4.63. The third-order valence-corrected chi connectivity index (χ3v) is 6.52. The number of anilines is 1. The van der Waals surface area contributed by atoms with Crippen molar-refractivity contribution in [2.75, 3.05) is 5.32 Å². The number of pyridine rings is 1. The lowest BCUT2D eigenvalue weighted by molar-refractivity contribution is -0.141. The number of primary amides is 1. The molecule has 2 amide bonds. The predicted octanol–water partition coefficient (Wildman–Crippen LogP) is 6.27. The molecule has 0 aliphatic heterocycles. The number of nitrogens with zero attached hydrogens (tertiary/aromatic N) is 1. The highest BCUT2D eigenvalue weighted by atomic mass is 32.1. The van der Waals surface area contributed by atoms with Gasteiger partial charge in [0.05, 0.1) is 5.69 Å². The molecular formula is C25H22F3N3O4S. The fourth-order valence-electron chi connectivity index (χ4n) is 3.58. The summed E-state index contributed by atoms with van der Waals surface area (Å²) in [4.78, 5) is 28.3. The highest BCUT2D eigenvalue weighted by molar-refractivity contribution is 7.21. The maximum absolute atomic E-state index is 13.2. The number of aromatic nitrogens is 1. The Morgan fingerprint density at radius 3 is 2.47 bits per heavy atom. The molecule has 0 aliphatic carbocycles. The second-order valence-corrected chi connectivity index (χ2v) is 9.40. The summed E-state index contributed by atoms with van der Waals surface area (Å²) in [6, 6.07) is 11.5. The Morgan fingerprint density at radius 1 is 1.17 bits per heavy atom. The van der Waals surface area contributed by atoms with Gasteiger partial charge in [0.15, 0.2) is 5.76 Å². The number of ether oxygens (including phenoxy) is 1. The van der Waals surface area contributed by atoms with Gasteiger partial charge < -0.3 is 20.2 Å². The number of fused-ring (bicyclic) bond motifs is 1. The van der Waals surface area contributed by atoms with Gasteiger partial charge in [-0.2, -0.15) is 13.2 Å². The van der Waals surface area contributed by atoms with Crippen LogP contribution in [0.2, 0.25) is 0 Å². The van der Waals surface area contributed by atoms with E-state index in [4.69, 9.17) is 14.9 Å². The zero-order chi connectivity index (χ0) is 26.2. The van der Waals surface area contributed by atoms with Gasteiger partial charge in [0.2, 0.25) is 0 Å². The number of alkyl halides is 3. The Morgan fingerprint density at radius 2 is 1.86 bits per heavy atom. The minimum absolute atomic E-state index is 0.00864. The van der Waals surface area contributed by atoms with Crippen LogP contribution in [0.25, 0.3) is 10.2 Å². The number of rotatable bonds is 7. The summed E-state index contributed by atoms with van der Waals surface area (Å²) in [5, 5.41) is 2.75. The van der Waals surface area contributed by atoms with E-state index in [9.17, 15) is 22.8 Å². The Kier molecular flexibility index (Phi) is 6.77. The van der Waals surface area contributed by atoms with Gasteiger partial charge in [-0.1, -0.05) is 26.0 Å². The number of thiophene rings is 1. The van der Waals surface area contributed by atoms with Crippen LogP contribution in [-0.4, -0.2) is 16.8 Å². The number of furan rings is 1. The molecule has 11 heteroatoms. The van der Waals surface area contributed by atoms with Gasteiger partial charge in [-0.25, -0.2) is 4.98 Å². The Labute approximate surface area is 208 Å². The SMILES string of the molecule is Cc1cc(C(F)(F)F)nc2sc(C(N)=O)c(NC(=O)c3ccc(COc4ccc(C(C)C)cc4)o3)c12. The lowest BCUT2D eigenvalue weighted by Crippen LogP contribution is -2.16. The lowest BCUT2D eigenvalue weighted by atomic mass is 10.0. The first-order chi connectivity index (χ1) is 16.9. The normalized spacial score (nSPS) is 11.8. The fraction of sp³-hybridized carbons (Fsp3) is 0.240. The Hall–Kier alpha value is -3.86. The molecular weight excluding hydrogens is 495 g/mol. The van der Waals surface area contributed by atoms with Gasteiger partial charge >= 0.3 is 6.18 Å².